The third-order valence-corrected chi connectivity index (χ3v) is 4.76. The molecule has 2 aromatic heterocycles. The van der Waals surface area contributed by atoms with Crippen LogP contribution in [0.5, 0.6) is 0 Å². The number of hydrogen-bond donors (Lipinski definition) is 1. The van der Waals surface area contributed by atoms with Crippen molar-refractivity contribution in [2.75, 3.05) is 18.0 Å². The first-order valence-corrected chi connectivity index (χ1v) is 9.49. The molecule has 28 heavy (non-hydrogen) atoms. The number of amides is 1. The number of nitrogens with zero attached hydrogens (tertiary/aromatic N) is 5. The number of morpholine rings is 1. The van der Waals surface area contributed by atoms with Gasteiger partial charge in [-0.05, 0) is 37.6 Å². The molecule has 8 heteroatoms. The highest BCUT2D eigenvalue weighted by atomic mass is 16.5. The van der Waals surface area contributed by atoms with Crippen LogP contribution in [0.1, 0.15) is 19.4 Å². The Morgan fingerprint density at radius 2 is 1.96 bits per heavy atom. The molecule has 0 unspecified atom stereocenters. The Hall–Kier alpha value is -3.00. The van der Waals surface area contributed by atoms with Crippen LogP contribution in [-0.2, 0) is 22.6 Å². The maximum atomic E-state index is 12.3. The zero-order valence-electron chi connectivity index (χ0n) is 16.1. The molecule has 1 fully saturated rings. The van der Waals surface area contributed by atoms with Crippen molar-refractivity contribution in [1.29, 1.82) is 0 Å². The fourth-order valence-electron chi connectivity index (χ4n) is 3.50. The van der Waals surface area contributed by atoms with Gasteiger partial charge in [-0.2, -0.15) is 0 Å². The summed E-state index contributed by atoms with van der Waals surface area (Å²) in [5.41, 5.74) is 2.58. The third kappa shape index (κ3) is 4.12. The number of benzene rings is 1. The molecule has 0 aliphatic carbocycles. The van der Waals surface area contributed by atoms with E-state index in [-0.39, 0.29) is 24.7 Å². The van der Waals surface area contributed by atoms with Crippen LogP contribution in [0.3, 0.4) is 0 Å². The molecule has 146 valence electrons. The summed E-state index contributed by atoms with van der Waals surface area (Å²) in [7, 11) is 0. The molecular weight excluding hydrogens is 356 g/mol. The molecule has 4 rings (SSSR count). The van der Waals surface area contributed by atoms with Gasteiger partial charge in [0.2, 0.25) is 5.91 Å². The third-order valence-electron chi connectivity index (χ3n) is 4.76. The molecule has 0 spiro atoms. The lowest BCUT2D eigenvalue weighted by molar-refractivity contribution is -0.121. The van der Waals surface area contributed by atoms with Crippen molar-refractivity contribution in [1.82, 2.24) is 25.3 Å². The Labute approximate surface area is 163 Å². The number of fused-ring (bicyclic) bond motifs is 1. The van der Waals surface area contributed by atoms with Gasteiger partial charge in [0.1, 0.15) is 17.9 Å². The van der Waals surface area contributed by atoms with Crippen LogP contribution in [0.2, 0.25) is 0 Å². The van der Waals surface area contributed by atoms with Gasteiger partial charge in [-0.1, -0.05) is 23.4 Å². The van der Waals surface area contributed by atoms with E-state index in [0.717, 1.165) is 35.5 Å². The van der Waals surface area contributed by atoms with Crippen molar-refractivity contribution in [3.63, 3.8) is 0 Å². The lowest BCUT2D eigenvalue weighted by atomic mass is 10.2. The minimum absolute atomic E-state index is 0.115. The summed E-state index contributed by atoms with van der Waals surface area (Å²) in [5, 5.41) is 11.0. The normalized spacial score (nSPS) is 19.7. The first-order chi connectivity index (χ1) is 13.6. The number of anilines is 1. The van der Waals surface area contributed by atoms with E-state index in [4.69, 9.17) is 4.74 Å². The Balaban J connectivity index is 1.33. The number of para-hydroxylation sites is 1. The number of aromatic nitrogens is 4. The van der Waals surface area contributed by atoms with Crippen LogP contribution in [0.4, 0.5) is 5.82 Å². The molecule has 0 radical (unpaired) electrons. The summed E-state index contributed by atoms with van der Waals surface area (Å²) in [5.74, 6) is 0.821. The van der Waals surface area contributed by atoms with Crippen LogP contribution in [0.25, 0.3) is 11.0 Å². The molecule has 0 saturated carbocycles. The zero-order chi connectivity index (χ0) is 19.5. The summed E-state index contributed by atoms with van der Waals surface area (Å²) in [4.78, 5) is 19.1. The van der Waals surface area contributed by atoms with Gasteiger partial charge < -0.3 is 15.0 Å². The minimum Gasteiger partial charge on any atom is -0.372 e. The molecule has 3 heterocycles. The van der Waals surface area contributed by atoms with E-state index in [1.807, 2.05) is 42.6 Å². The maximum absolute atomic E-state index is 12.3. The molecule has 0 bridgehead atoms. The zero-order valence-corrected chi connectivity index (χ0v) is 16.1. The van der Waals surface area contributed by atoms with Crippen LogP contribution in [0.15, 0.2) is 42.6 Å². The first kappa shape index (κ1) is 18.4. The molecule has 1 aliphatic rings. The van der Waals surface area contributed by atoms with Crippen molar-refractivity contribution in [2.45, 2.75) is 39.1 Å². The molecule has 1 aromatic carbocycles. The van der Waals surface area contributed by atoms with Gasteiger partial charge in [0.25, 0.3) is 0 Å². The number of rotatable bonds is 5. The van der Waals surface area contributed by atoms with Crippen molar-refractivity contribution in [3.05, 3.63) is 48.2 Å². The fraction of sp³-hybridized carbons (Fsp3) is 0.400. The fourth-order valence-corrected chi connectivity index (χ4v) is 3.50. The Kier molecular flexibility index (Phi) is 5.21. The number of nitrogens with one attached hydrogen (secondary N) is 1. The number of carbonyl (C=O) groups is 1. The van der Waals surface area contributed by atoms with Gasteiger partial charge in [-0.3, -0.25) is 4.79 Å². The van der Waals surface area contributed by atoms with E-state index >= 15 is 0 Å². The minimum atomic E-state index is -0.115. The topological polar surface area (TPSA) is 85.2 Å². The van der Waals surface area contributed by atoms with Crippen LogP contribution >= 0.6 is 0 Å². The predicted octanol–water partition coefficient (Wildman–Crippen LogP) is 1.76. The van der Waals surface area contributed by atoms with Crippen LogP contribution < -0.4 is 10.2 Å². The highest BCUT2D eigenvalue weighted by Gasteiger charge is 2.23. The van der Waals surface area contributed by atoms with Crippen molar-refractivity contribution in [3.8, 4) is 0 Å². The summed E-state index contributed by atoms with van der Waals surface area (Å²) >= 11 is 0. The molecule has 2 atom stereocenters. The summed E-state index contributed by atoms with van der Waals surface area (Å²) in [6, 6.07) is 11.6. The average Bonchev–Trinajstić information content (AvgIpc) is 3.09. The number of hydrogen-bond acceptors (Lipinski definition) is 6. The SMILES string of the molecule is C[C@@H]1CN(c2ccc(CNC(=O)Cn3nnc4ccccc43)cn2)C[C@H](C)O1. The number of ether oxygens (including phenoxy) is 1. The second-order valence-electron chi connectivity index (χ2n) is 7.20. The molecular formula is C20H24N6O2. The standard InChI is InChI=1S/C20H24N6O2/c1-14-11-25(12-15(2)28-14)19-8-7-16(9-21-19)10-22-20(27)13-26-18-6-4-3-5-17(18)23-24-26/h3-9,14-15H,10-13H2,1-2H3,(H,22,27)/t14-,15+. The highest BCUT2D eigenvalue weighted by Crippen LogP contribution is 2.18. The maximum Gasteiger partial charge on any atom is 0.242 e. The largest absolute Gasteiger partial charge is 0.372 e. The molecule has 1 saturated heterocycles. The summed E-state index contributed by atoms with van der Waals surface area (Å²) in [6.45, 7) is 6.37. The van der Waals surface area contributed by atoms with E-state index in [1.165, 1.54) is 0 Å². The molecule has 3 aromatic rings. The average molecular weight is 380 g/mol. The van der Waals surface area contributed by atoms with E-state index in [2.05, 4.69) is 39.4 Å². The number of carbonyl (C=O) groups excluding carboxylic acids is 1. The van der Waals surface area contributed by atoms with Gasteiger partial charge in [0, 0.05) is 25.8 Å². The smallest absolute Gasteiger partial charge is 0.242 e. The molecule has 1 N–H and O–H groups in total. The van der Waals surface area contributed by atoms with Crippen molar-refractivity contribution in [2.24, 2.45) is 0 Å². The number of pyridine rings is 1. The van der Waals surface area contributed by atoms with Gasteiger partial charge >= 0.3 is 0 Å². The predicted molar refractivity (Wildman–Crippen MR) is 106 cm³/mol. The van der Waals surface area contributed by atoms with E-state index < -0.39 is 0 Å². The second-order valence-corrected chi connectivity index (χ2v) is 7.20. The molecule has 8 nitrogen and oxygen atoms in total. The Morgan fingerprint density at radius 1 is 1.18 bits per heavy atom. The lowest BCUT2D eigenvalue weighted by Gasteiger charge is -2.36. The van der Waals surface area contributed by atoms with E-state index in [9.17, 15) is 4.79 Å². The van der Waals surface area contributed by atoms with Crippen molar-refractivity contribution >= 4 is 22.8 Å². The first-order valence-electron chi connectivity index (χ1n) is 9.49. The quantitative estimate of drug-likeness (QED) is 0.726. The van der Waals surface area contributed by atoms with Gasteiger partial charge in [0.05, 0.1) is 17.7 Å². The molecule has 1 aliphatic heterocycles. The van der Waals surface area contributed by atoms with Crippen LogP contribution in [0, 0.1) is 0 Å². The monoisotopic (exact) mass is 380 g/mol. The molecule has 1 amide bonds. The van der Waals surface area contributed by atoms with E-state index in [0.29, 0.717) is 6.54 Å². The Morgan fingerprint density at radius 3 is 2.71 bits per heavy atom. The van der Waals surface area contributed by atoms with Gasteiger partial charge in [-0.25, -0.2) is 9.67 Å². The van der Waals surface area contributed by atoms with Gasteiger partial charge in [0.15, 0.2) is 0 Å². The second kappa shape index (κ2) is 7.93. The van der Waals surface area contributed by atoms with Crippen molar-refractivity contribution < 1.29 is 9.53 Å². The van der Waals surface area contributed by atoms with E-state index in [1.54, 1.807) is 4.68 Å². The lowest BCUT2D eigenvalue weighted by Crippen LogP contribution is -2.45. The highest BCUT2D eigenvalue weighted by molar-refractivity contribution is 5.79. The van der Waals surface area contributed by atoms with Crippen LogP contribution in [-0.4, -0.2) is 51.2 Å². The van der Waals surface area contributed by atoms with Gasteiger partial charge in [-0.15, -0.1) is 5.10 Å². The summed E-state index contributed by atoms with van der Waals surface area (Å²) in [6.07, 6.45) is 2.19. The summed E-state index contributed by atoms with van der Waals surface area (Å²) < 4.78 is 7.37. The Bertz CT molecular complexity index is 945.